The average molecular weight is 387 g/mol. The van der Waals surface area contributed by atoms with Gasteiger partial charge in [-0.2, -0.15) is 5.10 Å². The molecule has 0 aliphatic rings. The third kappa shape index (κ3) is 4.93. The fourth-order valence-electron chi connectivity index (χ4n) is 2.49. The predicted molar refractivity (Wildman–Crippen MR) is 97.5 cm³/mol. The van der Waals surface area contributed by atoms with E-state index in [1.165, 1.54) is 0 Å². The molecule has 136 valence electrons. The maximum atomic E-state index is 14.0. The van der Waals surface area contributed by atoms with Gasteiger partial charge in [0.2, 0.25) is 0 Å². The van der Waals surface area contributed by atoms with Gasteiger partial charge in [-0.15, -0.1) is 0 Å². The van der Waals surface area contributed by atoms with Crippen LogP contribution in [0.25, 0.3) is 0 Å². The van der Waals surface area contributed by atoms with E-state index in [2.05, 4.69) is 28.9 Å². The molecule has 8 heteroatoms. The number of aromatic amines is 1. The smallest absolute Gasteiger partial charge is 0.275 e. The molecule has 5 nitrogen and oxygen atoms in total. The molecule has 0 radical (unpaired) electrons. The maximum Gasteiger partial charge on any atom is 0.275 e. The highest BCUT2D eigenvalue weighted by molar-refractivity contribution is 6.31. The number of rotatable bonds is 8. The number of nitrogens with zero attached hydrogens (tertiary/aromatic N) is 3. The number of aromatic nitrogens is 2. The lowest BCUT2D eigenvalue weighted by molar-refractivity contribution is 0.0713. The second kappa shape index (κ2) is 9.17. The van der Waals surface area contributed by atoms with E-state index in [0.717, 1.165) is 18.7 Å². The second-order valence-corrected chi connectivity index (χ2v) is 6.31. The Kier molecular flexibility index (Phi) is 7.23. The standard InChI is InChI=1S/C17H21Cl2FN4O/c1-3-23(4-2)9-10-24(11-12-7-5-6-8-13(12)18)17(25)15-14(20)16(19)22-21-15/h5-8H,3-4,9-11H2,1-2H3,(H,21,22). The van der Waals surface area contributed by atoms with Crippen LogP contribution in [-0.2, 0) is 6.54 Å². The molecule has 1 aromatic carbocycles. The molecule has 0 aliphatic carbocycles. The number of benzene rings is 1. The number of nitrogens with one attached hydrogen (secondary N) is 1. The Bertz CT molecular complexity index is 718. The molecule has 1 N–H and O–H groups in total. The molecular weight excluding hydrogens is 366 g/mol. The van der Waals surface area contributed by atoms with Gasteiger partial charge in [0.05, 0.1) is 0 Å². The number of halogens is 3. The van der Waals surface area contributed by atoms with Crippen molar-refractivity contribution in [2.45, 2.75) is 20.4 Å². The van der Waals surface area contributed by atoms with E-state index in [0.29, 0.717) is 18.1 Å². The molecule has 0 fully saturated rings. The van der Waals surface area contributed by atoms with Gasteiger partial charge in [-0.1, -0.05) is 55.2 Å². The van der Waals surface area contributed by atoms with Crippen LogP contribution >= 0.6 is 23.2 Å². The van der Waals surface area contributed by atoms with Crippen LogP contribution in [0.2, 0.25) is 10.2 Å². The van der Waals surface area contributed by atoms with Crippen molar-refractivity contribution in [1.29, 1.82) is 0 Å². The van der Waals surface area contributed by atoms with Gasteiger partial charge in [0.15, 0.2) is 16.7 Å². The summed E-state index contributed by atoms with van der Waals surface area (Å²) in [4.78, 5) is 16.5. The highest BCUT2D eigenvalue weighted by Gasteiger charge is 2.24. The first-order chi connectivity index (χ1) is 12.0. The van der Waals surface area contributed by atoms with Gasteiger partial charge in [-0.25, -0.2) is 4.39 Å². The number of H-pyrrole nitrogens is 1. The summed E-state index contributed by atoms with van der Waals surface area (Å²) in [5.74, 6) is -1.33. The second-order valence-electron chi connectivity index (χ2n) is 5.55. The molecular formula is C17H21Cl2FN4O. The zero-order chi connectivity index (χ0) is 18.4. The number of amides is 1. The number of hydrogen-bond donors (Lipinski definition) is 1. The molecule has 25 heavy (non-hydrogen) atoms. The van der Waals surface area contributed by atoms with E-state index in [9.17, 15) is 9.18 Å². The topological polar surface area (TPSA) is 52.2 Å². The summed E-state index contributed by atoms with van der Waals surface area (Å²) in [6, 6.07) is 7.28. The third-order valence-electron chi connectivity index (χ3n) is 4.07. The molecule has 1 amide bonds. The van der Waals surface area contributed by atoms with Gasteiger partial charge in [0.1, 0.15) is 0 Å². The molecule has 1 aromatic heterocycles. The van der Waals surface area contributed by atoms with Gasteiger partial charge in [-0.05, 0) is 24.7 Å². The number of hydrogen-bond acceptors (Lipinski definition) is 3. The molecule has 0 bridgehead atoms. The Hall–Kier alpha value is -1.63. The van der Waals surface area contributed by atoms with Crippen LogP contribution in [0.3, 0.4) is 0 Å². The van der Waals surface area contributed by atoms with Gasteiger partial charge in [0, 0.05) is 24.7 Å². The van der Waals surface area contributed by atoms with Gasteiger partial charge >= 0.3 is 0 Å². The van der Waals surface area contributed by atoms with Crippen molar-refractivity contribution in [2.75, 3.05) is 26.2 Å². The zero-order valence-corrected chi connectivity index (χ0v) is 15.7. The number of likely N-dealkylation sites (N-methyl/N-ethyl adjacent to an activating group) is 1. The molecule has 0 spiro atoms. The molecule has 0 atom stereocenters. The Morgan fingerprint density at radius 3 is 2.44 bits per heavy atom. The fourth-order valence-corrected chi connectivity index (χ4v) is 2.82. The highest BCUT2D eigenvalue weighted by atomic mass is 35.5. The van der Waals surface area contributed by atoms with Crippen molar-refractivity contribution in [3.8, 4) is 0 Å². The first-order valence-electron chi connectivity index (χ1n) is 8.12. The van der Waals surface area contributed by atoms with E-state index in [1.54, 1.807) is 11.0 Å². The highest BCUT2D eigenvalue weighted by Crippen LogP contribution is 2.20. The van der Waals surface area contributed by atoms with E-state index in [-0.39, 0.29) is 17.4 Å². The minimum atomic E-state index is -0.835. The molecule has 0 aliphatic heterocycles. The van der Waals surface area contributed by atoms with Crippen LogP contribution in [-0.4, -0.2) is 52.1 Å². The van der Waals surface area contributed by atoms with Crippen molar-refractivity contribution in [1.82, 2.24) is 20.0 Å². The monoisotopic (exact) mass is 386 g/mol. The summed E-state index contributed by atoms with van der Waals surface area (Å²) in [7, 11) is 0. The van der Waals surface area contributed by atoms with Gasteiger partial charge < -0.3 is 9.80 Å². The van der Waals surface area contributed by atoms with Crippen LogP contribution < -0.4 is 0 Å². The van der Waals surface area contributed by atoms with Crippen molar-refractivity contribution >= 4 is 29.1 Å². The molecule has 0 saturated heterocycles. The van der Waals surface area contributed by atoms with Crippen LogP contribution in [0.15, 0.2) is 24.3 Å². The lowest BCUT2D eigenvalue weighted by Gasteiger charge is -2.26. The van der Waals surface area contributed by atoms with Crippen molar-refractivity contribution in [3.63, 3.8) is 0 Å². The Labute approximate surface area is 156 Å². The molecule has 1 heterocycles. The van der Waals surface area contributed by atoms with Gasteiger partial charge in [-0.3, -0.25) is 9.89 Å². The molecule has 2 rings (SSSR count). The summed E-state index contributed by atoms with van der Waals surface area (Å²) in [5, 5.41) is 6.15. The first-order valence-corrected chi connectivity index (χ1v) is 8.87. The van der Waals surface area contributed by atoms with Crippen LogP contribution in [0.5, 0.6) is 0 Å². The Morgan fingerprint density at radius 2 is 1.88 bits per heavy atom. The molecule has 0 unspecified atom stereocenters. The Morgan fingerprint density at radius 1 is 1.20 bits per heavy atom. The number of carbonyl (C=O) groups is 1. The SMILES string of the molecule is CCN(CC)CCN(Cc1ccccc1Cl)C(=O)c1[nH]nc(Cl)c1F. The minimum absolute atomic E-state index is 0.239. The van der Waals surface area contributed by atoms with Crippen molar-refractivity contribution in [2.24, 2.45) is 0 Å². The zero-order valence-electron chi connectivity index (χ0n) is 14.2. The molecule has 0 saturated carbocycles. The summed E-state index contributed by atoms with van der Waals surface area (Å²) < 4.78 is 14.0. The predicted octanol–water partition coefficient (Wildman–Crippen LogP) is 3.84. The maximum absolute atomic E-state index is 14.0. The average Bonchev–Trinajstić information content (AvgIpc) is 2.95. The summed E-state index contributed by atoms with van der Waals surface area (Å²) >= 11 is 11.8. The van der Waals surface area contributed by atoms with E-state index in [4.69, 9.17) is 23.2 Å². The van der Waals surface area contributed by atoms with Crippen molar-refractivity contribution < 1.29 is 9.18 Å². The van der Waals surface area contributed by atoms with E-state index >= 15 is 0 Å². The first kappa shape index (κ1) is 19.7. The van der Waals surface area contributed by atoms with Crippen LogP contribution in [0.1, 0.15) is 29.9 Å². The Balaban J connectivity index is 2.23. The molecule has 2 aromatic rings. The quantitative estimate of drug-likeness (QED) is 0.749. The van der Waals surface area contributed by atoms with Crippen molar-refractivity contribution in [3.05, 3.63) is 51.5 Å². The lowest BCUT2D eigenvalue weighted by Crippen LogP contribution is -2.38. The normalized spacial score (nSPS) is 11.1. The fraction of sp³-hybridized carbons (Fsp3) is 0.412. The third-order valence-corrected chi connectivity index (χ3v) is 4.69. The van der Waals surface area contributed by atoms with Crippen LogP contribution in [0.4, 0.5) is 4.39 Å². The lowest BCUT2D eigenvalue weighted by atomic mass is 10.2. The number of carbonyl (C=O) groups excluding carboxylic acids is 1. The summed E-state index contributed by atoms with van der Waals surface area (Å²) in [5.41, 5.74) is 0.555. The van der Waals surface area contributed by atoms with E-state index in [1.807, 2.05) is 18.2 Å². The largest absolute Gasteiger partial charge is 0.332 e. The minimum Gasteiger partial charge on any atom is -0.332 e. The van der Waals surface area contributed by atoms with Crippen LogP contribution in [0, 0.1) is 5.82 Å². The van der Waals surface area contributed by atoms with Gasteiger partial charge in [0.25, 0.3) is 5.91 Å². The van der Waals surface area contributed by atoms with E-state index < -0.39 is 11.7 Å². The summed E-state index contributed by atoms with van der Waals surface area (Å²) in [6.45, 7) is 7.23. The summed E-state index contributed by atoms with van der Waals surface area (Å²) in [6.07, 6.45) is 0.